The van der Waals surface area contributed by atoms with E-state index in [-0.39, 0.29) is 0 Å². The van der Waals surface area contributed by atoms with Gasteiger partial charge < -0.3 is 0 Å². The van der Waals surface area contributed by atoms with Crippen LogP contribution in [0.3, 0.4) is 0 Å². The van der Waals surface area contributed by atoms with Crippen LogP contribution in [0.2, 0.25) is 0 Å². The van der Waals surface area contributed by atoms with Crippen molar-refractivity contribution in [3.05, 3.63) is 0 Å². The van der Waals surface area contributed by atoms with Crippen LogP contribution < -0.4 is 0 Å². The number of nitrogens with zero attached hydrogens (tertiary/aromatic N) is 1. The molecular weight excluding hydrogens is 170 g/mol. The van der Waals surface area contributed by atoms with Crippen LogP contribution in [-0.4, -0.2) is 10.9 Å². The van der Waals surface area contributed by atoms with Gasteiger partial charge in [-0.05, 0) is 12.2 Å². The molecule has 0 aliphatic rings. The summed E-state index contributed by atoms with van der Waals surface area (Å²) in [5.41, 5.74) is 0. The quantitative estimate of drug-likeness (QED) is 0.218. The molecule has 0 aromatic heterocycles. The highest BCUT2D eigenvalue weighted by molar-refractivity contribution is 8.76. The van der Waals surface area contributed by atoms with Gasteiger partial charge in [0.05, 0.1) is 16.1 Å². The summed E-state index contributed by atoms with van der Waals surface area (Å²) in [7, 11) is 3.03. The lowest BCUT2D eigenvalue weighted by atomic mass is 11.0. The van der Waals surface area contributed by atoms with Gasteiger partial charge in [0.15, 0.2) is 0 Å². The van der Waals surface area contributed by atoms with E-state index in [4.69, 9.17) is 0 Å². The second kappa shape index (κ2) is 15.8. The molecule has 0 fully saturated rings. The van der Waals surface area contributed by atoms with Crippen molar-refractivity contribution in [1.82, 2.24) is 0 Å². The lowest BCUT2D eigenvalue weighted by Gasteiger charge is -1.79. The number of rotatable bonds is 3. The van der Waals surface area contributed by atoms with Gasteiger partial charge in [-0.15, -0.1) is 4.40 Å². The molecule has 0 bridgehead atoms. The lowest BCUT2D eigenvalue weighted by Crippen LogP contribution is -1.51. The van der Waals surface area contributed by atoms with E-state index in [1.54, 1.807) is 10.8 Å². The Bertz CT molecular complexity index is 78.3. The molecule has 0 aromatic rings. The fourth-order valence-corrected chi connectivity index (χ4v) is 1.12. The number of isothiocyanates is 1. The molecule has 0 heterocycles. The molecule has 9 heavy (non-hydrogen) atoms. The van der Waals surface area contributed by atoms with Gasteiger partial charge in [0.1, 0.15) is 0 Å². The molecule has 0 rings (SSSR count). The molecule has 1 nitrogen and oxygen atoms in total. The van der Waals surface area contributed by atoms with Crippen molar-refractivity contribution in [3.8, 4) is 0 Å². The van der Waals surface area contributed by atoms with E-state index in [1.807, 2.05) is 13.8 Å². The first-order valence-corrected chi connectivity index (χ1v) is 5.46. The third-order valence-corrected chi connectivity index (χ3v) is 2.21. The van der Waals surface area contributed by atoms with Crippen molar-refractivity contribution in [1.29, 1.82) is 0 Å². The number of hydrogen-bond acceptors (Lipinski definition) is 4. The standard InChI is InChI=1S/C3H5NS3.C2H6/c1-2-6-7-4-3-5;1-2/h2H2,1H3;1-2H3. The molecule has 0 aliphatic heterocycles. The summed E-state index contributed by atoms with van der Waals surface area (Å²) in [5, 5.41) is 2.25. The van der Waals surface area contributed by atoms with E-state index in [1.165, 1.54) is 11.0 Å². The molecule has 0 saturated heterocycles. The van der Waals surface area contributed by atoms with E-state index in [9.17, 15) is 0 Å². The highest BCUT2D eigenvalue weighted by Crippen LogP contribution is 2.19. The van der Waals surface area contributed by atoms with Gasteiger partial charge in [-0.1, -0.05) is 31.6 Å². The molecule has 0 aromatic carbocycles. The summed E-state index contributed by atoms with van der Waals surface area (Å²) in [6.07, 6.45) is 0. The summed E-state index contributed by atoms with van der Waals surface area (Å²) >= 11 is 4.31. The number of hydrogen-bond donors (Lipinski definition) is 0. The molecule has 4 heteroatoms. The minimum absolute atomic E-state index is 1.06. The van der Waals surface area contributed by atoms with Crippen LogP contribution in [0.4, 0.5) is 0 Å². The fourth-order valence-electron chi connectivity index (χ4n) is 0.0943. The third-order valence-electron chi connectivity index (χ3n) is 0.245. The predicted molar refractivity (Wildman–Crippen MR) is 52.1 cm³/mol. The lowest BCUT2D eigenvalue weighted by molar-refractivity contribution is 1.50. The van der Waals surface area contributed by atoms with Crippen LogP contribution >= 0.6 is 34.0 Å². The van der Waals surface area contributed by atoms with Crippen LogP contribution in [0.15, 0.2) is 4.40 Å². The van der Waals surface area contributed by atoms with Crippen molar-refractivity contribution >= 4 is 39.2 Å². The van der Waals surface area contributed by atoms with Crippen LogP contribution in [0, 0.1) is 0 Å². The Kier molecular flexibility index (Phi) is 21.4. The van der Waals surface area contributed by atoms with E-state index < -0.39 is 0 Å². The minimum atomic E-state index is 1.06. The van der Waals surface area contributed by atoms with Crippen molar-refractivity contribution in [3.63, 3.8) is 0 Å². The Morgan fingerprint density at radius 2 is 2.11 bits per heavy atom. The first kappa shape index (κ1) is 12.2. The van der Waals surface area contributed by atoms with Crippen molar-refractivity contribution < 1.29 is 0 Å². The van der Waals surface area contributed by atoms with Crippen LogP contribution in [0.5, 0.6) is 0 Å². The molecular formula is C5H11NS3. The average molecular weight is 181 g/mol. The monoisotopic (exact) mass is 181 g/mol. The summed E-state index contributed by atoms with van der Waals surface area (Å²) < 4.78 is 3.61. The molecule has 54 valence electrons. The van der Waals surface area contributed by atoms with E-state index in [2.05, 4.69) is 28.7 Å². The highest BCUT2D eigenvalue weighted by atomic mass is 33.1. The Balaban J connectivity index is 0. The van der Waals surface area contributed by atoms with E-state index >= 15 is 0 Å². The molecule has 0 N–H and O–H groups in total. The summed E-state index contributed by atoms with van der Waals surface area (Å²) in [6, 6.07) is 0. The largest absolute Gasteiger partial charge is 0.150 e. The maximum atomic E-state index is 4.31. The second-order valence-corrected chi connectivity index (χ2v) is 3.15. The van der Waals surface area contributed by atoms with Crippen LogP contribution in [0.25, 0.3) is 0 Å². The molecule has 0 unspecified atom stereocenters. The average Bonchev–Trinajstić information content (AvgIpc) is 1.94. The zero-order valence-electron chi connectivity index (χ0n) is 5.88. The molecule has 0 atom stereocenters. The summed E-state index contributed by atoms with van der Waals surface area (Å²) in [6.45, 7) is 6.07. The molecule has 0 amide bonds. The number of thiocarbonyl (C=S) groups is 1. The van der Waals surface area contributed by atoms with Crippen LogP contribution in [0.1, 0.15) is 20.8 Å². The van der Waals surface area contributed by atoms with Crippen molar-refractivity contribution in [2.24, 2.45) is 4.40 Å². The van der Waals surface area contributed by atoms with Crippen molar-refractivity contribution in [2.45, 2.75) is 20.8 Å². The van der Waals surface area contributed by atoms with Gasteiger partial charge in [0.25, 0.3) is 0 Å². The van der Waals surface area contributed by atoms with Gasteiger partial charge in [-0.3, -0.25) is 0 Å². The normalized spacial score (nSPS) is 6.56. The van der Waals surface area contributed by atoms with Gasteiger partial charge in [0.2, 0.25) is 0 Å². The summed E-state index contributed by atoms with van der Waals surface area (Å²) in [4.78, 5) is 0. The molecule has 0 aliphatic carbocycles. The van der Waals surface area contributed by atoms with Crippen LogP contribution in [-0.2, 0) is 0 Å². The SMILES string of the molecule is CC.CCSSN=C=S. The van der Waals surface area contributed by atoms with E-state index in [0.717, 1.165) is 5.75 Å². The molecule has 0 spiro atoms. The zero-order valence-corrected chi connectivity index (χ0v) is 8.33. The molecule has 0 radical (unpaired) electrons. The fraction of sp³-hybridized carbons (Fsp3) is 0.800. The predicted octanol–water partition coefficient (Wildman–Crippen LogP) is 3.43. The smallest absolute Gasteiger partial charge is 0.0728 e. The van der Waals surface area contributed by atoms with Gasteiger partial charge >= 0.3 is 0 Å². The molecule has 0 saturated carbocycles. The highest BCUT2D eigenvalue weighted by Gasteiger charge is 1.75. The van der Waals surface area contributed by atoms with Gasteiger partial charge in [0, 0.05) is 5.75 Å². The maximum Gasteiger partial charge on any atom is 0.0728 e. The zero-order chi connectivity index (χ0) is 7.54. The Hall–Kier alpha value is 0.500. The minimum Gasteiger partial charge on any atom is -0.150 e. The first-order chi connectivity index (χ1) is 4.41. The second-order valence-electron chi connectivity index (χ2n) is 0.664. The third kappa shape index (κ3) is 17.7. The summed E-state index contributed by atoms with van der Waals surface area (Å²) in [5.74, 6) is 1.06. The topological polar surface area (TPSA) is 12.4 Å². The van der Waals surface area contributed by atoms with E-state index in [0.29, 0.717) is 0 Å². The Morgan fingerprint density at radius 1 is 1.56 bits per heavy atom. The Labute approximate surface area is 70.2 Å². The first-order valence-electron chi connectivity index (χ1n) is 2.77. The van der Waals surface area contributed by atoms with Gasteiger partial charge in [-0.25, -0.2) is 0 Å². The maximum absolute atomic E-state index is 4.31. The Morgan fingerprint density at radius 3 is 2.44 bits per heavy atom. The van der Waals surface area contributed by atoms with Crippen molar-refractivity contribution in [2.75, 3.05) is 5.75 Å². The van der Waals surface area contributed by atoms with Gasteiger partial charge in [-0.2, -0.15) is 0 Å².